The molecule has 100 valence electrons. The summed E-state index contributed by atoms with van der Waals surface area (Å²) in [7, 11) is -1.29. The van der Waals surface area contributed by atoms with Crippen molar-refractivity contribution in [2.75, 3.05) is 12.4 Å². The van der Waals surface area contributed by atoms with Gasteiger partial charge in [0.05, 0.1) is 0 Å². The van der Waals surface area contributed by atoms with Crippen LogP contribution in [-0.2, 0) is 26.9 Å². The van der Waals surface area contributed by atoms with Crippen molar-refractivity contribution in [1.29, 1.82) is 0 Å². The number of hydrogen-bond donors (Lipinski definition) is 1. The number of ether oxygens (including phenoxy) is 1. The van der Waals surface area contributed by atoms with Gasteiger partial charge in [-0.05, 0) is 18.9 Å². The smallest absolute Gasteiger partial charge is 0.321 e. The topological polar surface area (TPSA) is 63.6 Å². The fourth-order valence-corrected chi connectivity index (χ4v) is 2.39. The molecule has 2 unspecified atom stereocenters. The molecule has 0 amide bonds. The maximum absolute atomic E-state index is 11.7. The predicted octanol–water partition coefficient (Wildman–Crippen LogP) is 1.25. The van der Waals surface area contributed by atoms with Gasteiger partial charge in [0.25, 0.3) is 0 Å². The van der Waals surface area contributed by atoms with Crippen LogP contribution < -0.4 is 0 Å². The molecule has 0 spiro atoms. The predicted molar refractivity (Wildman–Crippen MR) is 70.4 cm³/mol. The summed E-state index contributed by atoms with van der Waals surface area (Å²) in [6, 6.07) is 9.34. The van der Waals surface area contributed by atoms with Gasteiger partial charge in [-0.25, -0.2) is 0 Å². The Balaban J connectivity index is 2.38. The minimum absolute atomic E-state index is 0.0163. The molecule has 1 aromatic rings. The molecular weight excluding hydrogens is 252 g/mol. The number of hydrogen-bond acceptors (Lipinski definition) is 4. The molecule has 0 aliphatic heterocycles. The number of carbonyl (C=O) groups is 1. The van der Waals surface area contributed by atoms with Crippen LogP contribution in [0.25, 0.3) is 0 Å². The van der Waals surface area contributed by atoms with E-state index in [0.717, 1.165) is 5.56 Å². The Morgan fingerprint density at radius 3 is 2.67 bits per heavy atom. The minimum atomic E-state index is -1.29. The third-order valence-corrected chi connectivity index (χ3v) is 4.13. The van der Waals surface area contributed by atoms with Crippen LogP contribution in [0.5, 0.6) is 0 Å². The molecule has 0 radical (unpaired) electrons. The SMILES string of the molecule is CC(C(=O)OCc1ccccc1)S(=O)CCCO. The Morgan fingerprint density at radius 2 is 2.06 bits per heavy atom. The zero-order valence-electron chi connectivity index (χ0n) is 10.4. The molecule has 0 aliphatic rings. The van der Waals surface area contributed by atoms with E-state index in [1.165, 1.54) is 0 Å². The molecular formula is C13H18O4S. The molecule has 0 fully saturated rings. The summed E-state index contributed by atoms with van der Waals surface area (Å²) in [4.78, 5) is 11.6. The fourth-order valence-electron chi connectivity index (χ4n) is 1.34. The van der Waals surface area contributed by atoms with Crippen LogP contribution in [0.4, 0.5) is 0 Å². The fraction of sp³-hybridized carbons (Fsp3) is 0.462. The van der Waals surface area contributed by atoms with Gasteiger partial charge in [0.1, 0.15) is 11.9 Å². The molecule has 0 saturated carbocycles. The van der Waals surface area contributed by atoms with Crippen LogP contribution in [0.15, 0.2) is 30.3 Å². The van der Waals surface area contributed by atoms with Crippen LogP contribution in [0, 0.1) is 0 Å². The number of esters is 1. The number of aliphatic hydroxyl groups excluding tert-OH is 1. The maximum Gasteiger partial charge on any atom is 0.321 e. The molecule has 2 atom stereocenters. The van der Waals surface area contributed by atoms with Crippen molar-refractivity contribution in [3.05, 3.63) is 35.9 Å². The first kappa shape index (κ1) is 14.9. The van der Waals surface area contributed by atoms with Crippen LogP contribution in [0.2, 0.25) is 0 Å². The molecule has 0 aliphatic carbocycles. The molecule has 1 aromatic carbocycles. The average molecular weight is 270 g/mol. The van der Waals surface area contributed by atoms with Gasteiger partial charge in [0.15, 0.2) is 0 Å². The van der Waals surface area contributed by atoms with Gasteiger partial charge in [0, 0.05) is 23.2 Å². The summed E-state index contributed by atoms with van der Waals surface area (Å²) in [5.41, 5.74) is 0.902. The van der Waals surface area contributed by atoms with E-state index >= 15 is 0 Å². The Bertz CT molecular complexity index is 391. The first-order chi connectivity index (χ1) is 8.65. The van der Waals surface area contributed by atoms with Gasteiger partial charge in [-0.15, -0.1) is 0 Å². The Hall–Kier alpha value is -1.20. The highest BCUT2D eigenvalue weighted by Crippen LogP contribution is 2.05. The quantitative estimate of drug-likeness (QED) is 0.757. The minimum Gasteiger partial charge on any atom is -0.460 e. The highest BCUT2D eigenvalue weighted by Gasteiger charge is 2.20. The van der Waals surface area contributed by atoms with E-state index < -0.39 is 22.0 Å². The first-order valence-electron chi connectivity index (χ1n) is 5.83. The van der Waals surface area contributed by atoms with E-state index in [0.29, 0.717) is 12.2 Å². The molecule has 4 nitrogen and oxygen atoms in total. The van der Waals surface area contributed by atoms with Gasteiger partial charge >= 0.3 is 5.97 Å². The third-order valence-electron chi connectivity index (χ3n) is 2.45. The standard InChI is InChI=1S/C13H18O4S/c1-11(18(16)9-5-8-14)13(15)17-10-12-6-3-2-4-7-12/h2-4,6-7,11,14H,5,8-10H2,1H3. The van der Waals surface area contributed by atoms with Crippen molar-refractivity contribution in [1.82, 2.24) is 0 Å². The van der Waals surface area contributed by atoms with Gasteiger partial charge < -0.3 is 9.84 Å². The molecule has 1 rings (SSSR count). The van der Waals surface area contributed by atoms with Crippen molar-refractivity contribution >= 4 is 16.8 Å². The van der Waals surface area contributed by atoms with E-state index in [2.05, 4.69) is 0 Å². The molecule has 0 heterocycles. The highest BCUT2D eigenvalue weighted by molar-refractivity contribution is 7.86. The monoisotopic (exact) mass is 270 g/mol. The van der Waals surface area contributed by atoms with Crippen molar-refractivity contribution in [3.8, 4) is 0 Å². The number of rotatable bonds is 7. The van der Waals surface area contributed by atoms with Gasteiger partial charge in [-0.1, -0.05) is 30.3 Å². The van der Waals surface area contributed by atoms with Crippen LogP contribution in [-0.4, -0.2) is 32.9 Å². The van der Waals surface area contributed by atoms with Crippen molar-refractivity contribution in [2.24, 2.45) is 0 Å². The molecule has 0 aromatic heterocycles. The lowest BCUT2D eigenvalue weighted by molar-refractivity contribution is -0.144. The van der Waals surface area contributed by atoms with E-state index in [1.807, 2.05) is 30.3 Å². The summed E-state index contributed by atoms with van der Waals surface area (Å²) in [5, 5.41) is 7.98. The first-order valence-corrected chi connectivity index (χ1v) is 7.22. The normalized spacial score (nSPS) is 13.9. The summed E-state index contributed by atoms with van der Waals surface area (Å²) >= 11 is 0. The second-order valence-electron chi connectivity index (χ2n) is 3.90. The highest BCUT2D eigenvalue weighted by atomic mass is 32.2. The van der Waals surface area contributed by atoms with Crippen LogP contribution in [0.1, 0.15) is 18.9 Å². The Labute approximate surface area is 109 Å². The average Bonchev–Trinajstić information content (AvgIpc) is 2.42. The molecule has 0 saturated heterocycles. The number of carbonyl (C=O) groups excluding carboxylic acids is 1. The van der Waals surface area contributed by atoms with Gasteiger partial charge in [0.2, 0.25) is 0 Å². The van der Waals surface area contributed by atoms with Gasteiger partial charge in [-0.3, -0.25) is 9.00 Å². The summed E-state index contributed by atoms with van der Waals surface area (Å²) in [6.07, 6.45) is 0.433. The van der Waals surface area contributed by atoms with Crippen molar-refractivity contribution in [2.45, 2.75) is 25.2 Å². The van der Waals surface area contributed by atoms with E-state index in [1.54, 1.807) is 6.92 Å². The zero-order chi connectivity index (χ0) is 13.4. The van der Waals surface area contributed by atoms with Crippen molar-refractivity contribution < 1.29 is 18.8 Å². The van der Waals surface area contributed by atoms with E-state index in [9.17, 15) is 9.00 Å². The second kappa shape index (κ2) is 8.00. The Morgan fingerprint density at radius 1 is 1.39 bits per heavy atom. The summed E-state index contributed by atoms with van der Waals surface area (Å²) < 4.78 is 16.8. The van der Waals surface area contributed by atoms with E-state index in [4.69, 9.17) is 9.84 Å². The molecule has 1 N–H and O–H groups in total. The number of aliphatic hydroxyl groups is 1. The number of benzene rings is 1. The van der Waals surface area contributed by atoms with E-state index in [-0.39, 0.29) is 13.2 Å². The third kappa shape index (κ3) is 4.98. The molecule has 18 heavy (non-hydrogen) atoms. The largest absolute Gasteiger partial charge is 0.460 e. The summed E-state index contributed by atoms with van der Waals surface area (Å²) in [5.74, 6) is -0.145. The lowest BCUT2D eigenvalue weighted by Gasteiger charge is -2.11. The van der Waals surface area contributed by atoms with Gasteiger partial charge in [-0.2, -0.15) is 0 Å². The second-order valence-corrected chi connectivity index (χ2v) is 5.77. The molecule has 5 heteroatoms. The lowest BCUT2D eigenvalue weighted by Crippen LogP contribution is -2.26. The molecule has 0 bridgehead atoms. The Kier molecular flexibility index (Phi) is 6.60. The van der Waals surface area contributed by atoms with Crippen LogP contribution in [0.3, 0.4) is 0 Å². The maximum atomic E-state index is 11.7. The zero-order valence-corrected chi connectivity index (χ0v) is 11.2. The van der Waals surface area contributed by atoms with Crippen LogP contribution >= 0.6 is 0 Å². The van der Waals surface area contributed by atoms with Crippen molar-refractivity contribution in [3.63, 3.8) is 0 Å². The lowest BCUT2D eigenvalue weighted by atomic mass is 10.2. The summed E-state index contributed by atoms with van der Waals surface area (Å²) in [6.45, 7) is 1.76.